The molecule has 0 radical (unpaired) electrons. The number of carbonyl (C=O) groups is 1. The zero-order chi connectivity index (χ0) is 20.1. The maximum Gasteiger partial charge on any atom is 0.287 e. The molecular weight excluding hydrogens is 364 g/mol. The number of fused-ring (bicyclic) bond motifs is 1. The van der Waals surface area contributed by atoms with Crippen LogP contribution in [-0.4, -0.2) is 36.8 Å². The van der Waals surface area contributed by atoms with Gasteiger partial charge in [0.2, 0.25) is 0 Å². The minimum atomic E-state index is -0.447. The molecule has 0 atom stereocenters. The topological polar surface area (TPSA) is 119 Å². The molecule has 2 N–H and O–H groups in total. The van der Waals surface area contributed by atoms with Crippen LogP contribution in [0.15, 0.2) is 33.8 Å². The van der Waals surface area contributed by atoms with Crippen molar-refractivity contribution in [1.82, 2.24) is 5.32 Å². The number of non-ortho nitro benzene ring substituents is 1. The summed E-state index contributed by atoms with van der Waals surface area (Å²) in [4.78, 5) is 22.7. The van der Waals surface area contributed by atoms with Gasteiger partial charge in [0.05, 0.1) is 22.9 Å². The average molecular weight is 386 g/mol. The molecule has 0 spiro atoms. The lowest BCUT2D eigenvalue weighted by Gasteiger charge is -2.13. The Morgan fingerprint density at radius 3 is 2.75 bits per heavy atom. The van der Waals surface area contributed by atoms with E-state index in [4.69, 9.17) is 9.15 Å². The highest BCUT2D eigenvalue weighted by Gasteiger charge is 2.27. The monoisotopic (exact) mass is 386 g/mol. The normalized spacial score (nSPS) is 14.6. The van der Waals surface area contributed by atoms with E-state index >= 15 is 0 Å². The van der Waals surface area contributed by atoms with E-state index in [1.54, 1.807) is 19.2 Å². The maximum atomic E-state index is 12.4. The number of hydrogen-bond acceptors (Lipinski definition) is 7. The molecule has 9 nitrogen and oxygen atoms in total. The molecular formula is C19H22N4O5. The van der Waals surface area contributed by atoms with Crippen molar-refractivity contribution in [2.75, 3.05) is 25.7 Å². The van der Waals surface area contributed by atoms with E-state index in [0.717, 1.165) is 41.9 Å². The molecule has 0 aliphatic heterocycles. The number of methoxy groups -OCH3 is 1. The van der Waals surface area contributed by atoms with E-state index in [1.165, 1.54) is 12.1 Å². The summed E-state index contributed by atoms with van der Waals surface area (Å²) in [6.45, 7) is 2.68. The summed E-state index contributed by atoms with van der Waals surface area (Å²) in [5, 5.41) is 18.0. The molecule has 1 aromatic carbocycles. The molecule has 1 aliphatic rings. The van der Waals surface area contributed by atoms with Crippen molar-refractivity contribution in [3.8, 4) is 0 Å². The molecule has 0 saturated carbocycles. The SMILES string of the molecule is COCCNC(=O)c1oc2c(c1C)/C(=N/Nc1ccc([N+](=O)[O-])cc1)CCC2. The van der Waals surface area contributed by atoms with Gasteiger partial charge < -0.3 is 14.5 Å². The van der Waals surface area contributed by atoms with Crippen molar-refractivity contribution >= 4 is 23.0 Å². The molecule has 1 aromatic heterocycles. The number of hydrazone groups is 1. The number of nitrogens with one attached hydrogen (secondary N) is 2. The van der Waals surface area contributed by atoms with Crippen molar-refractivity contribution in [3.63, 3.8) is 0 Å². The van der Waals surface area contributed by atoms with E-state index in [1.807, 2.05) is 6.92 Å². The van der Waals surface area contributed by atoms with Crippen LogP contribution in [0.1, 0.15) is 40.3 Å². The number of hydrogen-bond donors (Lipinski definition) is 2. The van der Waals surface area contributed by atoms with Crippen LogP contribution in [0.2, 0.25) is 0 Å². The van der Waals surface area contributed by atoms with Gasteiger partial charge in [-0.15, -0.1) is 0 Å². The van der Waals surface area contributed by atoms with Gasteiger partial charge in [-0.2, -0.15) is 5.10 Å². The first kappa shape index (κ1) is 19.6. The van der Waals surface area contributed by atoms with Gasteiger partial charge >= 0.3 is 0 Å². The predicted molar refractivity (Wildman–Crippen MR) is 104 cm³/mol. The zero-order valence-electron chi connectivity index (χ0n) is 15.8. The molecule has 148 valence electrons. The maximum absolute atomic E-state index is 12.4. The van der Waals surface area contributed by atoms with Crippen LogP contribution < -0.4 is 10.7 Å². The number of anilines is 1. The Hall–Kier alpha value is -3.20. The summed E-state index contributed by atoms with van der Waals surface area (Å²) in [5.41, 5.74) is 6.02. The number of benzene rings is 1. The number of furan rings is 1. The summed E-state index contributed by atoms with van der Waals surface area (Å²) >= 11 is 0. The highest BCUT2D eigenvalue weighted by molar-refractivity contribution is 6.06. The first-order chi connectivity index (χ1) is 13.5. The first-order valence-corrected chi connectivity index (χ1v) is 8.98. The Bertz CT molecular complexity index is 902. The summed E-state index contributed by atoms with van der Waals surface area (Å²) < 4.78 is 10.8. The van der Waals surface area contributed by atoms with Crippen LogP contribution in [-0.2, 0) is 11.2 Å². The summed E-state index contributed by atoms with van der Waals surface area (Å²) in [7, 11) is 1.57. The number of ether oxygens (including phenoxy) is 1. The van der Waals surface area contributed by atoms with Gasteiger partial charge in [0, 0.05) is 43.3 Å². The number of aryl methyl sites for hydroxylation is 1. The minimum Gasteiger partial charge on any atom is -0.455 e. The van der Waals surface area contributed by atoms with Crippen LogP contribution >= 0.6 is 0 Å². The molecule has 0 bridgehead atoms. The zero-order valence-corrected chi connectivity index (χ0v) is 15.8. The number of carbonyl (C=O) groups excluding carboxylic acids is 1. The summed E-state index contributed by atoms with van der Waals surface area (Å²) in [5.74, 6) is 0.780. The Balaban J connectivity index is 1.79. The van der Waals surface area contributed by atoms with Gasteiger partial charge in [-0.25, -0.2) is 0 Å². The third kappa shape index (κ3) is 4.20. The third-order valence-corrected chi connectivity index (χ3v) is 4.52. The van der Waals surface area contributed by atoms with Crippen molar-refractivity contribution in [1.29, 1.82) is 0 Å². The Labute approximate surface area is 161 Å². The van der Waals surface area contributed by atoms with E-state index in [0.29, 0.717) is 24.6 Å². The lowest BCUT2D eigenvalue weighted by Crippen LogP contribution is -2.27. The largest absolute Gasteiger partial charge is 0.455 e. The predicted octanol–water partition coefficient (Wildman–Crippen LogP) is 3.02. The van der Waals surface area contributed by atoms with Gasteiger partial charge in [-0.3, -0.25) is 20.3 Å². The van der Waals surface area contributed by atoms with Crippen molar-refractivity contribution < 1.29 is 18.9 Å². The van der Waals surface area contributed by atoms with Crippen LogP contribution in [0.5, 0.6) is 0 Å². The fraction of sp³-hybridized carbons (Fsp3) is 0.368. The van der Waals surface area contributed by atoms with Gasteiger partial charge in [-0.1, -0.05) is 0 Å². The molecule has 9 heteroatoms. The Kier molecular flexibility index (Phi) is 6.05. The smallest absolute Gasteiger partial charge is 0.287 e. The Morgan fingerprint density at radius 2 is 2.07 bits per heavy atom. The van der Waals surface area contributed by atoms with Crippen LogP contribution in [0, 0.1) is 17.0 Å². The van der Waals surface area contributed by atoms with Crippen molar-refractivity contribution in [2.24, 2.45) is 5.10 Å². The Morgan fingerprint density at radius 1 is 1.32 bits per heavy atom. The molecule has 0 fully saturated rings. The van der Waals surface area contributed by atoms with Crippen molar-refractivity contribution in [3.05, 3.63) is 57.0 Å². The van der Waals surface area contributed by atoms with Crippen LogP contribution in [0.25, 0.3) is 0 Å². The lowest BCUT2D eigenvalue weighted by atomic mass is 9.93. The van der Waals surface area contributed by atoms with E-state index in [2.05, 4.69) is 15.8 Å². The molecule has 28 heavy (non-hydrogen) atoms. The fourth-order valence-corrected chi connectivity index (χ4v) is 3.13. The van der Waals surface area contributed by atoms with E-state index in [-0.39, 0.29) is 11.6 Å². The number of amides is 1. The molecule has 1 aliphatic carbocycles. The number of nitro groups is 1. The fourth-order valence-electron chi connectivity index (χ4n) is 3.13. The van der Waals surface area contributed by atoms with Crippen LogP contribution in [0.4, 0.5) is 11.4 Å². The number of nitrogens with zero attached hydrogens (tertiary/aromatic N) is 2. The minimum absolute atomic E-state index is 0.0213. The van der Waals surface area contributed by atoms with Gasteiger partial charge in [0.25, 0.3) is 11.6 Å². The molecule has 0 saturated heterocycles. The molecule has 1 amide bonds. The van der Waals surface area contributed by atoms with Crippen molar-refractivity contribution in [2.45, 2.75) is 26.2 Å². The second-order valence-electron chi connectivity index (χ2n) is 6.43. The quantitative estimate of drug-likeness (QED) is 0.429. The lowest BCUT2D eigenvalue weighted by molar-refractivity contribution is -0.384. The first-order valence-electron chi connectivity index (χ1n) is 8.98. The second kappa shape index (κ2) is 8.66. The van der Waals surface area contributed by atoms with Gasteiger partial charge in [0.1, 0.15) is 5.76 Å². The molecule has 1 heterocycles. The highest BCUT2D eigenvalue weighted by Crippen LogP contribution is 2.30. The molecule has 3 rings (SSSR count). The third-order valence-electron chi connectivity index (χ3n) is 4.52. The summed E-state index contributed by atoms with van der Waals surface area (Å²) in [6, 6.07) is 6.03. The van der Waals surface area contributed by atoms with E-state index < -0.39 is 4.92 Å². The van der Waals surface area contributed by atoms with Gasteiger partial charge in [-0.05, 0) is 31.9 Å². The molecule has 2 aromatic rings. The number of rotatable bonds is 7. The summed E-state index contributed by atoms with van der Waals surface area (Å²) in [6.07, 6.45) is 2.36. The van der Waals surface area contributed by atoms with Gasteiger partial charge in [0.15, 0.2) is 5.76 Å². The standard InChI is InChI=1S/C19H22N4O5/c1-12-17-15(22-21-13-6-8-14(9-7-13)23(25)26)4-3-5-16(17)28-18(12)19(24)20-10-11-27-2/h6-9,21H,3-5,10-11H2,1-2H3,(H,20,24)/b22-15+. The molecule has 0 unspecified atom stereocenters. The number of nitro benzene ring substituents is 1. The average Bonchev–Trinajstić information content (AvgIpc) is 3.04. The second-order valence-corrected chi connectivity index (χ2v) is 6.43. The van der Waals surface area contributed by atoms with Crippen LogP contribution in [0.3, 0.4) is 0 Å². The van der Waals surface area contributed by atoms with E-state index in [9.17, 15) is 14.9 Å². The highest BCUT2D eigenvalue weighted by atomic mass is 16.6.